The SMILES string of the molecule is COCCc1ccc(Oc2cc(NN)nc(C)n2)cc1. The molecule has 2 rings (SSSR count). The van der Waals surface area contributed by atoms with Gasteiger partial charge in [0.1, 0.15) is 17.4 Å². The average Bonchev–Trinajstić information content (AvgIpc) is 2.46. The summed E-state index contributed by atoms with van der Waals surface area (Å²) < 4.78 is 10.7. The van der Waals surface area contributed by atoms with Gasteiger partial charge in [-0.05, 0) is 31.0 Å². The van der Waals surface area contributed by atoms with Gasteiger partial charge in [-0.25, -0.2) is 10.8 Å². The van der Waals surface area contributed by atoms with E-state index in [-0.39, 0.29) is 0 Å². The first-order valence-corrected chi connectivity index (χ1v) is 6.29. The number of nitrogens with zero attached hydrogens (tertiary/aromatic N) is 2. The van der Waals surface area contributed by atoms with Crippen LogP contribution in [0.2, 0.25) is 0 Å². The quantitative estimate of drug-likeness (QED) is 0.619. The number of aryl methyl sites for hydroxylation is 1. The third kappa shape index (κ3) is 3.91. The second-order valence-corrected chi connectivity index (χ2v) is 4.27. The van der Waals surface area contributed by atoms with E-state index in [2.05, 4.69) is 15.4 Å². The summed E-state index contributed by atoms with van der Waals surface area (Å²) in [5.41, 5.74) is 3.68. The monoisotopic (exact) mass is 274 g/mol. The van der Waals surface area contributed by atoms with Crippen molar-refractivity contribution in [1.29, 1.82) is 0 Å². The molecule has 0 radical (unpaired) electrons. The number of benzene rings is 1. The summed E-state index contributed by atoms with van der Waals surface area (Å²) in [6, 6.07) is 9.46. The molecule has 106 valence electrons. The average molecular weight is 274 g/mol. The highest BCUT2D eigenvalue weighted by molar-refractivity contribution is 5.39. The minimum atomic E-state index is 0.454. The van der Waals surface area contributed by atoms with Crippen LogP contribution in [-0.2, 0) is 11.2 Å². The number of nitrogen functional groups attached to an aromatic ring is 1. The number of rotatable bonds is 6. The van der Waals surface area contributed by atoms with Crippen LogP contribution in [0, 0.1) is 6.92 Å². The lowest BCUT2D eigenvalue weighted by Gasteiger charge is -2.08. The van der Waals surface area contributed by atoms with Crippen LogP contribution in [0.1, 0.15) is 11.4 Å². The molecule has 0 atom stereocenters. The van der Waals surface area contributed by atoms with E-state index >= 15 is 0 Å². The number of hydrazine groups is 1. The van der Waals surface area contributed by atoms with Gasteiger partial charge in [-0.3, -0.25) is 0 Å². The van der Waals surface area contributed by atoms with Crippen molar-refractivity contribution in [1.82, 2.24) is 9.97 Å². The maximum Gasteiger partial charge on any atom is 0.224 e. The zero-order chi connectivity index (χ0) is 14.4. The first-order chi connectivity index (χ1) is 9.71. The van der Waals surface area contributed by atoms with Crippen molar-refractivity contribution in [2.24, 2.45) is 5.84 Å². The van der Waals surface area contributed by atoms with Gasteiger partial charge in [0, 0.05) is 13.2 Å². The van der Waals surface area contributed by atoms with Gasteiger partial charge in [-0.15, -0.1) is 0 Å². The second-order valence-electron chi connectivity index (χ2n) is 4.27. The smallest absolute Gasteiger partial charge is 0.224 e. The molecular formula is C14H18N4O2. The van der Waals surface area contributed by atoms with Crippen molar-refractivity contribution < 1.29 is 9.47 Å². The first-order valence-electron chi connectivity index (χ1n) is 6.29. The molecule has 1 aromatic carbocycles. The van der Waals surface area contributed by atoms with E-state index in [0.29, 0.717) is 29.9 Å². The van der Waals surface area contributed by atoms with E-state index in [1.807, 2.05) is 24.3 Å². The van der Waals surface area contributed by atoms with Crippen LogP contribution >= 0.6 is 0 Å². The second kappa shape index (κ2) is 6.83. The summed E-state index contributed by atoms with van der Waals surface area (Å²) in [6.45, 7) is 2.48. The molecule has 1 aromatic heterocycles. The van der Waals surface area contributed by atoms with Crippen LogP contribution in [0.15, 0.2) is 30.3 Å². The largest absolute Gasteiger partial charge is 0.439 e. The molecule has 0 aliphatic rings. The molecule has 20 heavy (non-hydrogen) atoms. The summed E-state index contributed by atoms with van der Waals surface area (Å²) in [6.07, 6.45) is 0.880. The van der Waals surface area contributed by atoms with Gasteiger partial charge in [-0.2, -0.15) is 4.98 Å². The third-order valence-electron chi connectivity index (χ3n) is 2.70. The number of anilines is 1. The Kier molecular flexibility index (Phi) is 4.86. The number of hydrogen-bond acceptors (Lipinski definition) is 6. The molecule has 0 aliphatic carbocycles. The number of aromatic nitrogens is 2. The van der Waals surface area contributed by atoms with E-state index in [1.165, 1.54) is 5.56 Å². The van der Waals surface area contributed by atoms with Crippen molar-refractivity contribution in [2.75, 3.05) is 19.1 Å². The zero-order valence-electron chi connectivity index (χ0n) is 11.6. The Bertz CT molecular complexity index is 558. The summed E-state index contributed by atoms with van der Waals surface area (Å²) >= 11 is 0. The van der Waals surface area contributed by atoms with Crippen LogP contribution in [0.4, 0.5) is 5.82 Å². The Morgan fingerprint density at radius 3 is 2.60 bits per heavy atom. The number of nitrogens with one attached hydrogen (secondary N) is 1. The van der Waals surface area contributed by atoms with Gasteiger partial charge in [0.15, 0.2) is 0 Å². The van der Waals surface area contributed by atoms with E-state index in [1.54, 1.807) is 20.1 Å². The summed E-state index contributed by atoms with van der Waals surface area (Å²) in [7, 11) is 1.69. The van der Waals surface area contributed by atoms with Crippen molar-refractivity contribution in [2.45, 2.75) is 13.3 Å². The van der Waals surface area contributed by atoms with Crippen LogP contribution < -0.4 is 16.0 Å². The Morgan fingerprint density at radius 1 is 1.20 bits per heavy atom. The van der Waals surface area contributed by atoms with E-state index < -0.39 is 0 Å². The highest BCUT2D eigenvalue weighted by atomic mass is 16.5. The van der Waals surface area contributed by atoms with Gasteiger partial charge in [-0.1, -0.05) is 12.1 Å². The summed E-state index contributed by atoms with van der Waals surface area (Å²) in [5.74, 6) is 7.62. The molecule has 1 heterocycles. The van der Waals surface area contributed by atoms with E-state index in [9.17, 15) is 0 Å². The lowest BCUT2D eigenvalue weighted by atomic mass is 10.1. The molecule has 0 saturated heterocycles. The predicted molar refractivity (Wildman–Crippen MR) is 76.7 cm³/mol. The molecule has 0 unspecified atom stereocenters. The van der Waals surface area contributed by atoms with Gasteiger partial charge >= 0.3 is 0 Å². The fourth-order valence-electron chi connectivity index (χ4n) is 1.73. The van der Waals surface area contributed by atoms with Crippen molar-refractivity contribution in [3.8, 4) is 11.6 Å². The Hall–Kier alpha value is -2.18. The lowest BCUT2D eigenvalue weighted by Crippen LogP contribution is -2.09. The summed E-state index contributed by atoms with van der Waals surface area (Å²) in [5, 5.41) is 0. The van der Waals surface area contributed by atoms with Gasteiger partial charge < -0.3 is 14.9 Å². The normalized spacial score (nSPS) is 10.3. The topological polar surface area (TPSA) is 82.3 Å². The number of hydrogen-bond donors (Lipinski definition) is 2. The molecule has 0 bridgehead atoms. The molecule has 6 heteroatoms. The molecule has 0 aliphatic heterocycles. The molecule has 0 saturated carbocycles. The Labute approximate surface area is 117 Å². The highest BCUT2D eigenvalue weighted by Gasteiger charge is 2.03. The summed E-state index contributed by atoms with van der Waals surface area (Å²) in [4.78, 5) is 8.30. The predicted octanol–water partition coefficient (Wildman–Crippen LogP) is 2.05. The number of ether oxygens (including phenoxy) is 2. The Morgan fingerprint density at radius 2 is 1.95 bits per heavy atom. The maximum absolute atomic E-state index is 5.68. The number of nitrogens with two attached hydrogens (primary N) is 1. The molecular weight excluding hydrogens is 256 g/mol. The minimum absolute atomic E-state index is 0.454. The number of methoxy groups -OCH3 is 1. The van der Waals surface area contributed by atoms with Crippen LogP contribution in [0.5, 0.6) is 11.6 Å². The fourth-order valence-corrected chi connectivity index (χ4v) is 1.73. The zero-order valence-corrected chi connectivity index (χ0v) is 11.6. The maximum atomic E-state index is 5.68. The van der Waals surface area contributed by atoms with Crippen LogP contribution in [0.25, 0.3) is 0 Å². The molecule has 3 N–H and O–H groups in total. The van der Waals surface area contributed by atoms with Crippen LogP contribution in [-0.4, -0.2) is 23.7 Å². The lowest BCUT2D eigenvalue weighted by molar-refractivity contribution is 0.202. The van der Waals surface area contributed by atoms with Gasteiger partial charge in [0.25, 0.3) is 0 Å². The molecule has 0 fully saturated rings. The van der Waals surface area contributed by atoms with Gasteiger partial charge in [0.2, 0.25) is 5.88 Å². The fraction of sp³-hybridized carbons (Fsp3) is 0.286. The van der Waals surface area contributed by atoms with E-state index in [4.69, 9.17) is 15.3 Å². The minimum Gasteiger partial charge on any atom is -0.439 e. The van der Waals surface area contributed by atoms with Crippen molar-refractivity contribution in [3.05, 3.63) is 41.7 Å². The third-order valence-corrected chi connectivity index (χ3v) is 2.70. The molecule has 0 spiro atoms. The van der Waals surface area contributed by atoms with Gasteiger partial charge in [0.05, 0.1) is 6.61 Å². The van der Waals surface area contributed by atoms with Crippen LogP contribution in [0.3, 0.4) is 0 Å². The molecule has 0 amide bonds. The standard InChI is InChI=1S/C14H18N4O2/c1-10-16-13(18-15)9-14(17-10)20-12-5-3-11(4-6-12)7-8-19-2/h3-6,9H,7-8,15H2,1-2H3,(H,16,17,18). The molecule has 2 aromatic rings. The highest BCUT2D eigenvalue weighted by Crippen LogP contribution is 2.21. The molecule has 6 nitrogen and oxygen atoms in total. The van der Waals surface area contributed by atoms with Crippen molar-refractivity contribution >= 4 is 5.82 Å². The van der Waals surface area contributed by atoms with Crippen molar-refractivity contribution in [3.63, 3.8) is 0 Å². The Balaban J connectivity index is 2.07. The van der Waals surface area contributed by atoms with E-state index in [0.717, 1.165) is 6.42 Å². The first kappa shape index (κ1) is 14.2.